The Morgan fingerprint density at radius 2 is 1.81 bits per heavy atom. The summed E-state index contributed by atoms with van der Waals surface area (Å²) in [4.78, 5) is 16.2. The van der Waals surface area contributed by atoms with E-state index in [1.54, 1.807) is 23.1 Å². The number of nitrogens with one attached hydrogen (secondary N) is 1. The second-order valence-electron chi connectivity index (χ2n) is 8.53. The van der Waals surface area contributed by atoms with Crippen LogP contribution in [-0.4, -0.2) is 44.4 Å². The first kappa shape index (κ1) is 22.3. The lowest BCUT2D eigenvalue weighted by molar-refractivity contribution is -0.116. The van der Waals surface area contributed by atoms with Gasteiger partial charge in [0.15, 0.2) is 0 Å². The van der Waals surface area contributed by atoms with Crippen LogP contribution in [-0.2, 0) is 27.8 Å². The van der Waals surface area contributed by atoms with Gasteiger partial charge in [-0.05, 0) is 67.6 Å². The molecule has 0 spiro atoms. The summed E-state index contributed by atoms with van der Waals surface area (Å²) in [7, 11) is -3.60. The predicted octanol–water partition coefficient (Wildman–Crippen LogP) is 3.58. The van der Waals surface area contributed by atoms with Crippen molar-refractivity contribution in [2.45, 2.75) is 56.6 Å². The summed E-state index contributed by atoms with van der Waals surface area (Å²) >= 11 is 5.95. The number of hydrogen-bond donors (Lipinski definition) is 1. The van der Waals surface area contributed by atoms with Crippen LogP contribution in [0.2, 0.25) is 5.02 Å². The van der Waals surface area contributed by atoms with Gasteiger partial charge in [0, 0.05) is 49.4 Å². The van der Waals surface area contributed by atoms with Gasteiger partial charge in [0.25, 0.3) is 0 Å². The van der Waals surface area contributed by atoms with Crippen molar-refractivity contribution in [2.24, 2.45) is 0 Å². The lowest BCUT2D eigenvalue weighted by atomic mass is 10.1. The quantitative estimate of drug-likeness (QED) is 0.738. The monoisotopic (exact) mass is 461 g/mol. The summed E-state index contributed by atoms with van der Waals surface area (Å²) in [6.07, 6.45) is 2.21. The third-order valence-electron chi connectivity index (χ3n) is 6.14. The summed E-state index contributed by atoms with van der Waals surface area (Å²) < 4.78 is 28.9. The summed E-state index contributed by atoms with van der Waals surface area (Å²) in [6, 6.07) is 12.9. The van der Waals surface area contributed by atoms with Gasteiger partial charge in [0.2, 0.25) is 15.9 Å². The number of nitrogens with zero attached hydrogens (tertiary/aromatic N) is 2. The van der Waals surface area contributed by atoms with Crippen LogP contribution in [0.25, 0.3) is 0 Å². The lowest BCUT2D eigenvalue weighted by Crippen LogP contribution is -2.44. The summed E-state index contributed by atoms with van der Waals surface area (Å²) in [5, 5.41) is 0.729. The molecule has 6 nitrogen and oxygen atoms in total. The minimum Gasteiger partial charge on any atom is -0.309 e. The maximum absolute atomic E-state index is 13.0. The zero-order valence-electron chi connectivity index (χ0n) is 17.8. The van der Waals surface area contributed by atoms with E-state index >= 15 is 0 Å². The maximum Gasteiger partial charge on any atom is 0.240 e. The molecule has 31 heavy (non-hydrogen) atoms. The number of benzene rings is 2. The van der Waals surface area contributed by atoms with Gasteiger partial charge in [-0.2, -0.15) is 0 Å². The Balaban J connectivity index is 1.37. The first-order valence-electron chi connectivity index (χ1n) is 10.6. The van der Waals surface area contributed by atoms with Crippen LogP contribution < -0.4 is 9.62 Å². The van der Waals surface area contributed by atoms with Gasteiger partial charge < -0.3 is 4.90 Å². The number of fused-ring (bicyclic) bond motifs is 1. The number of halogens is 1. The van der Waals surface area contributed by atoms with Crippen LogP contribution in [0.5, 0.6) is 0 Å². The number of likely N-dealkylation sites (tertiary alicyclic amines) is 1. The van der Waals surface area contributed by atoms with Gasteiger partial charge in [-0.15, -0.1) is 0 Å². The van der Waals surface area contributed by atoms with Crippen molar-refractivity contribution < 1.29 is 13.2 Å². The van der Waals surface area contributed by atoms with Crippen molar-refractivity contribution in [3.05, 3.63) is 58.6 Å². The van der Waals surface area contributed by atoms with Crippen molar-refractivity contribution in [1.82, 2.24) is 9.62 Å². The molecule has 1 saturated heterocycles. The molecule has 2 heterocycles. The molecule has 166 valence electrons. The molecule has 2 aliphatic heterocycles. The van der Waals surface area contributed by atoms with Crippen LogP contribution in [0.4, 0.5) is 5.69 Å². The second kappa shape index (κ2) is 8.90. The van der Waals surface area contributed by atoms with Crippen LogP contribution in [0.1, 0.15) is 37.8 Å². The van der Waals surface area contributed by atoms with Crippen molar-refractivity contribution in [1.29, 1.82) is 0 Å². The van der Waals surface area contributed by atoms with Gasteiger partial charge in [-0.1, -0.05) is 23.7 Å². The molecule has 4 rings (SSSR count). The van der Waals surface area contributed by atoms with E-state index in [9.17, 15) is 13.2 Å². The number of carbonyl (C=O) groups is 1. The molecule has 1 atom stereocenters. The Kier molecular flexibility index (Phi) is 6.40. The molecule has 0 aromatic heterocycles. The number of amides is 1. The standard InChI is InChI=1S/C23H28ClN3O3S/c1-16-13-19-14-22(7-8-23(19)27(16)17(2)28)31(29,30)25-21-9-11-26(12-10-21)15-18-3-5-20(24)6-4-18/h3-8,14,16,21,25H,9-13,15H2,1-2H3/t16-/m1/s1. The Morgan fingerprint density at radius 1 is 1.13 bits per heavy atom. The molecule has 0 saturated carbocycles. The lowest BCUT2D eigenvalue weighted by Gasteiger charge is -2.32. The highest BCUT2D eigenvalue weighted by atomic mass is 35.5. The second-order valence-corrected chi connectivity index (χ2v) is 10.7. The highest BCUT2D eigenvalue weighted by Crippen LogP contribution is 2.34. The van der Waals surface area contributed by atoms with Crippen molar-refractivity contribution in [3.63, 3.8) is 0 Å². The van der Waals surface area contributed by atoms with Gasteiger partial charge in [-0.25, -0.2) is 13.1 Å². The molecule has 2 aromatic carbocycles. The normalized spacial score (nSPS) is 20.1. The molecular formula is C23H28ClN3O3S. The molecule has 1 N–H and O–H groups in total. The maximum atomic E-state index is 13.0. The summed E-state index contributed by atoms with van der Waals surface area (Å²) in [5.74, 6) is -0.0228. The minimum absolute atomic E-state index is 0.0228. The fourth-order valence-electron chi connectivity index (χ4n) is 4.60. The molecule has 0 radical (unpaired) electrons. The number of hydrogen-bond acceptors (Lipinski definition) is 4. The Morgan fingerprint density at radius 3 is 2.45 bits per heavy atom. The average molecular weight is 462 g/mol. The summed E-state index contributed by atoms with van der Waals surface area (Å²) in [5.41, 5.74) is 2.92. The Labute approximate surface area is 189 Å². The van der Waals surface area contributed by atoms with E-state index in [0.29, 0.717) is 6.42 Å². The van der Waals surface area contributed by atoms with Crippen molar-refractivity contribution >= 4 is 33.2 Å². The van der Waals surface area contributed by atoms with E-state index in [2.05, 4.69) is 9.62 Å². The van der Waals surface area contributed by atoms with Crippen LogP contribution in [0, 0.1) is 0 Å². The zero-order valence-corrected chi connectivity index (χ0v) is 19.4. The zero-order chi connectivity index (χ0) is 22.2. The molecule has 8 heteroatoms. The van der Waals surface area contributed by atoms with Crippen LogP contribution >= 0.6 is 11.6 Å². The number of sulfonamides is 1. The van der Waals surface area contributed by atoms with Gasteiger partial charge in [0.1, 0.15) is 0 Å². The van der Waals surface area contributed by atoms with Crippen molar-refractivity contribution in [3.8, 4) is 0 Å². The molecular weight excluding hydrogens is 434 g/mol. The molecule has 2 aliphatic rings. The van der Waals surface area contributed by atoms with Crippen molar-refractivity contribution in [2.75, 3.05) is 18.0 Å². The summed E-state index contributed by atoms with van der Waals surface area (Å²) in [6.45, 7) is 6.03. The van der Waals surface area contributed by atoms with Crippen LogP contribution in [0.15, 0.2) is 47.4 Å². The number of anilines is 1. The highest BCUT2D eigenvalue weighted by Gasteiger charge is 2.31. The fraction of sp³-hybridized carbons (Fsp3) is 0.435. The van der Waals surface area contributed by atoms with E-state index in [4.69, 9.17) is 11.6 Å². The van der Waals surface area contributed by atoms with Gasteiger partial charge in [0.05, 0.1) is 4.90 Å². The first-order valence-corrected chi connectivity index (χ1v) is 12.5. The van der Waals surface area contributed by atoms with E-state index in [1.807, 2.05) is 31.2 Å². The van der Waals surface area contributed by atoms with E-state index in [1.165, 1.54) is 12.5 Å². The average Bonchev–Trinajstić information content (AvgIpc) is 3.06. The fourth-order valence-corrected chi connectivity index (χ4v) is 6.08. The SMILES string of the molecule is CC(=O)N1c2ccc(S(=O)(=O)NC3CCN(Cc4ccc(Cl)cc4)CC3)cc2C[C@H]1C. The number of piperidine rings is 1. The third-order valence-corrected chi connectivity index (χ3v) is 7.92. The Hall–Kier alpha value is -1.93. The number of rotatable bonds is 5. The molecule has 0 bridgehead atoms. The molecule has 0 unspecified atom stereocenters. The van der Waals surface area contributed by atoms with E-state index < -0.39 is 10.0 Å². The van der Waals surface area contributed by atoms with Gasteiger partial charge >= 0.3 is 0 Å². The smallest absolute Gasteiger partial charge is 0.240 e. The molecule has 1 fully saturated rings. The first-order chi connectivity index (χ1) is 14.7. The Bertz CT molecular complexity index is 1060. The van der Waals surface area contributed by atoms with E-state index in [-0.39, 0.29) is 22.9 Å². The van der Waals surface area contributed by atoms with E-state index in [0.717, 1.165) is 48.7 Å². The highest BCUT2D eigenvalue weighted by molar-refractivity contribution is 7.89. The molecule has 2 aromatic rings. The van der Waals surface area contributed by atoms with Gasteiger partial charge in [-0.3, -0.25) is 9.69 Å². The largest absolute Gasteiger partial charge is 0.309 e. The predicted molar refractivity (Wildman–Crippen MR) is 123 cm³/mol. The minimum atomic E-state index is -3.60. The topological polar surface area (TPSA) is 69.7 Å². The van der Waals surface area contributed by atoms with Crippen LogP contribution in [0.3, 0.4) is 0 Å². The molecule has 1 amide bonds. The third kappa shape index (κ3) is 4.95. The molecule has 0 aliphatic carbocycles. The number of carbonyl (C=O) groups excluding carboxylic acids is 1.